The highest BCUT2D eigenvalue weighted by Crippen LogP contribution is 2.32. The predicted octanol–water partition coefficient (Wildman–Crippen LogP) is 11.5. The summed E-state index contributed by atoms with van der Waals surface area (Å²) in [5, 5.41) is 13.8. The Labute approximate surface area is 313 Å². The van der Waals surface area contributed by atoms with Crippen molar-refractivity contribution in [3.05, 3.63) is 164 Å². The van der Waals surface area contributed by atoms with Crippen molar-refractivity contribution in [3.63, 3.8) is 0 Å². The standard InChI is InChI=1S/C44H41ClF3NO4/c1-28(2)35-20-22-41(49-42(50)34-17-15-33(16-18-34)36-19-21-40(45)29(3)23-36)39(43(51)52)25-32(24-35)14-12-30-7-4-5-8-31(13-11-30)27-53-38-10-6-9-37(26-38)44(46,47)48/h4-6,9-11,13,15-19,21-23,25-26,28H,7-8,12,14,24,27H2,1-3H3,(H,49,50)(H,51,52)/b5-4?,30-11+,31-13+,32-25-,41-39-. The summed E-state index contributed by atoms with van der Waals surface area (Å²) < 4.78 is 45.1. The van der Waals surface area contributed by atoms with Crippen molar-refractivity contribution in [2.75, 3.05) is 6.61 Å². The van der Waals surface area contributed by atoms with E-state index in [9.17, 15) is 27.9 Å². The lowest BCUT2D eigenvalue weighted by Gasteiger charge is -2.17. The van der Waals surface area contributed by atoms with Crippen LogP contribution in [0, 0.1) is 12.8 Å². The fraction of sp³-hybridized carbons (Fsp3) is 0.250. The molecule has 0 spiro atoms. The molecule has 2 aliphatic carbocycles. The average molecular weight is 740 g/mol. The van der Waals surface area contributed by atoms with E-state index in [1.165, 1.54) is 12.1 Å². The molecule has 0 aliphatic heterocycles. The van der Waals surface area contributed by atoms with Crippen LogP contribution in [-0.2, 0) is 11.0 Å². The Morgan fingerprint density at radius 3 is 2.28 bits per heavy atom. The zero-order valence-corrected chi connectivity index (χ0v) is 30.6. The maximum absolute atomic E-state index is 13.4. The number of carbonyl (C=O) groups is 2. The van der Waals surface area contributed by atoms with Gasteiger partial charge in [-0.1, -0.05) is 85.2 Å². The molecule has 9 heteroatoms. The summed E-state index contributed by atoms with van der Waals surface area (Å²) in [5.41, 5.74) is 9.73. The number of nitrogens with one attached hydrogen (secondary N) is 1. The number of alkyl halides is 3. The first-order chi connectivity index (χ1) is 25.3. The number of halogens is 4. The second-order valence-corrected chi connectivity index (χ2v) is 13.8. The Balaban J connectivity index is 1.33. The van der Waals surface area contributed by atoms with E-state index in [1.807, 2.05) is 55.5 Å². The minimum absolute atomic E-state index is 0.0302. The van der Waals surface area contributed by atoms with Crippen molar-refractivity contribution >= 4 is 23.5 Å². The van der Waals surface area contributed by atoms with Gasteiger partial charge < -0.3 is 15.2 Å². The van der Waals surface area contributed by atoms with E-state index in [0.29, 0.717) is 42.7 Å². The van der Waals surface area contributed by atoms with Crippen LogP contribution in [0.15, 0.2) is 142 Å². The maximum atomic E-state index is 13.4. The molecule has 3 aromatic carbocycles. The summed E-state index contributed by atoms with van der Waals surface area (Å²) in [6, 6.07) is 17.6. The van der Waals surface area contributed by atoms with Gasteiger partial charge >= 0.3 is 12.1 Å². The highest BCUT2D eigenvalue weighted by atomic mass is 35.5. The Morgan fingerprint density at radius 1 is 0.925 bits per heavy atom. The molecular formula is C44H41ClF3NO4. The van der Waals surface area contributed by atoms with Crippen molar-refractivity contribution in [3.8, 4) is 16.9 Å². The number of allylic oxidation sites excluding steroid dienone is 7. The van der Waals surface area contributed by atoms with Crippen LogP contribution in [0.1, 0.15) is 67.4 Å². The fourth-order valence-electron chi connectivity index (χ4n) is 5.91. The number of hydrogen-bond donors (Lipinski definition) is 2. The summed E-state index contributed by atoms with van der Waals surface area (Å²) >= 11 is 6.18. The molecule has 0 heterocycles. The summed E-state index contributed by atoms with van der Waals surface area (Å²) in [7, 11) is 0. The summed E-state index contributed by atoms with van der Waals surface area (Å²) in [6.45, 7) is 6.17. The Hall–Kier alpha value is -5.30. The van der Waals surface area contributed by atoms with Crippen LogP contribution in [0.5, 0.6) is 5.75 Å². The average Bonchev–Trinajstić information content (AvgIpc) is 3.10. The minimum atomic E-state index is -4.45. The van der Waals surface area contributed by atoms with Gasteiger partial charge in [0, 0.05) is 16.7 Å². The lowest BCUT2D eigenvalue weighted by Crippen LogP contribution is -2.24. The van der Waals surface area contributed by atoms with E-state index in [0.717, 1.165) is 51.1 Å². The molecule has 0 fully saturated rings. The van der Waals surface area contributed by atoms with Crippen LogP contribution < -0.4 is 10.1 Å². The molecule has 0 aromatic heterocycles. The first-order valence-electron chi connectivity index (χ1n) is 17.4. The zero-order valence-electron chi connectivity index (χ0n) is 29.8. The molecule has 0 saturated heterocycles. The van der Waals surface area contributed by atoms with Gasteiger partial charge in [-0.25, -0.2) is 4.79 Å². The first kappa shape index (κ1) is 38.9. The van der Waals surface area contributed by atoms with E-state index in [4.69, 9.17) is 16.3 Å². The molecule has 2 aliphatic rings. The van der Waals surface area contributed by atoms with Gasteiger partial charge in [-0.3, -0.25) is 4.79 Å². The lowest BCUT2D eigenvalue weighted by molar-refractivity contribution is -0.137. The van der Waals surface area contributed by atoms with Crippen LogP contribution in [0.25, 0.3) is 11.1 Å². The van der Waals surface area contributed by atoms with Gasteiger partial charge in [0.05, 0.1) is 16.8 Å². The first-order valence-corrected chi connectivity index (χ1v) is 17.8. The van der Waals surface area contributed by atoms with E-state index >= 15 is 0 Å². The number of ether oxygens (including phenoxy) is 1. The number of rotatable bonds is 11. The van der Waals surface area contributed by atoms with Crippen LogP contribution >= 0.6 is 11.6 Å². The number of benzene rings is 3. The predicted molar refractivity (Wildman–Crippen MR) is 204 cm³/mol. The fourth-order valence-corrected chi connectivity index (χ4v) is 6.03. The number of carboxylic acids is 1. The second kappa shape index (κ2) is 17.5. The zero-order chi connectivity index (χ0) is 38.1. The van der Waals surface area contributed by atoms with Gasteiger partial charge in [0.2, 0.25) is 0 Å². The molecular weight excluding hydrogens is 699 g/mol. The number of carboxylic acid groups (broad SMARTS) is 1. The number of aliphatic carboxylic acids is 1. The normalized spacial score (nSPS) is 19.3. The van der Waals surface area contributed by atoms with E-state index in [2.05, 4.69) is 31.0 Å². The number of amides is 1. The van der Waals surface area contributed by atoms with Gasteiger partial charge in [0.25, 0.3) is 5.91 Å². The third-order valence-electron chi connectivity index (χ3n) is 9.11. The van der Waals surface area contributed by atoms with E-state index in [-0.39, 0.29) is 29.5 Å². The number of carbonyl (C=O) groups excluding carboxylic acids is 1. The third kappa shape index (κ3) is 10.9. The van der Waals surface area contributed by atoms with Gasteiger partial charge in [-0.05, 0) is 121 Å². The van der Waals surface area contributed by atoms with Gasteiger partial charge in [0.1, 0.15) is 12.4 Å². The van der Waals surface area contributed by atoms with Crippen molar-refractivity contribution in [1.29, 1.82) is 0 Å². The molecule has 1 amide bonds. The van der Waals surface area contributed by atoms with Gasteiger partial charge in [0.15, 0.2) is 0 Å². The Morgan fingerprint density at radius 2 is 1.60 bits per heavy atom. The third-order valence-corrected chi connectivity index (χ3v) is 9.53. The van der Waals surface area contributed by atoms with Crippen LogP contribution in [0.3, 0.4) is 0 Å². The maximum Gasteiger partial charge on any atom is 0.416 e. The number of aryl methyl sites for hydroxylation is 1. The monoisotopic (exact) mass is 739 g/mol. The van der Waals surface area contributed by atoms with Crippen molar-refractivity contribution in [2.24, 2.45) is 5.92 Å². The highest BCUT2D eigenvalue weighted by Gasteiger charge is 2.30. The Bertz CT molecular complexity index is 2090. The van der Waals surface area contributed by atoms with Crippen molar-refractivity contribution in [1.82, 2.24) is 5.32 Å². The molecule has 0 unspecified atom stereocenters. The molecule has 274 valence electrons. The van der Waals surface area contributed by atoms with Crippen LogP contribution in [0.2, 0.25) is 5.02 Å². The number of hydrogen-bond acceptors (Lipinski definition) is 3. The minimum Gasteiger partial charge on any atom is -0.489 e. The van der Waals surface area contributed by atoms with Crippen molar-refractivity contribution < 1.29 is 32.6 Å². The largest absolute Gasteiger partial charge is 0.489 e. The molecule has 2 N–H and O–H groups in total. The highest BCUT2D eigenvalue weighted by molar-refractivity contribution is 6.31. The SMILES string of the molecule is Cc1cc(-c2ccc(C(=O)N/C3=C(C(=O)O)/C=C(/CC/C4=C/C=C(/COc5cccc(C(F)(F)F)c5)CC=CC4)CC(C(C)C)=C=C3)cc2)ccc1Cl. The molecule has 5 rings (SSSR count). The van der Waals surface area contributed by atoms with Crippen LogP contribution in [0.4, 0.5) is 13.2 Å². The second-order valence-electron chi connectivity index (χ2n) is 13.4. The van der Waals surface area contributed by atoms with E-state index < -0.39 is 23.6 Å². The topological polar surface area (TPSA) is 75.6 Å². The van der Waals surface area contributed by atoms with E-state index in [1.54, 1.807) is 24.3 Å². The smallest absolute Gasteiger partial charge is 0.416 e. The quantitative estimate of drug-likeness (QED) is 0.152. The molecule has 5 nitrogen and oxygen atoms in total. The summed E-state index contributed by atoms with van der Waals surface area (Å²) in [5.74, 6) is -1.33. The molecule has 0 atom stereocenters. The molecule has 0 radical (unpaired) electrons. The van der Waals surface area contributed by atoms with Gasteiger partial charge in [-0.15, -0.1) is 5.73 Å². The summed E-state index contributed by atoms with van der Waals surface area (Å²) in [4.78, 5) is 26.0. The molecule has 0 bridgehead atoms. The van der Waals surface area contributed by atoms with Gasteiger partial charge in [-0.2, -0.15) is 13.2 Å². The molecule has 3 aromatic rings. The molecule has 53 heavy (non-hydrogen) atoms. The Kier molecular flexibility index (Phi) is 12.8. The van der Waals surface area contributed by atoms with Crippen molar-refractivity contribution in [2.45, 2.75) is 59.1 Å². The molecule has 0 saturated carbocycles. The summed E-state index contributed by atoms with van der Waals surface area (Å²) in [6.07, 6.45) is 9.85. The lowest BCUT2D eigenvalue weighted by atomic mass is 9.89. The van der Waals surface area contributed by atoms with Crippen LogP contribution in [-0.4, -0.2) is 23.6 Å².